The van der Waals surface area contributed by atoms with Crippen molar-refractivity contribution >= 4 is 11.8 Å². The summed E-state index contributed by atoms with van der Waals surface area (Å²) >= 11 is 0. The van der Waals surface area contributed by atoms with E-state index in [0.29, 0.717) is 0 Å². The molecule has 0 bridgehead atoms. The van der Waals surface area contributed by atoms with Crippen LogP contribution in [0.5, 0.6) is 0 Å². The fraction of sp³-hybridized carbons (Fsp3) is 0.667. The lowest BCUT2D eigenvalue weighted by Gasteiger charge is -2.00. The highest BCUT2D eigenvalue weighted by Gasteiger charge is 2.08. The Kier molecular flexibility index (Phi) is 3.64. The van der Waals surface area contributed by atoms with Gasteiger partial charge in [0.15, 0.2) is 0 Å². The summed E-state index contributed by atoms with van der Waals surface area (Å²) in [4.78, 5) is 20.5. The van der Waals surface area contributed by atoms with Crippen LogP contribution in [0.25, 0.3) is 0 Å². The Morgan fingerprint density at radius 1 is 1.60 bits per heavy atom. The monoisotopic (exact) mass is 145 g/mol. The zero-order valence-corrected chi connectivity index (χ0v) is 5.83. The van der Waals surface area contributed by atoms with Crippen molar-refractivity contribution in [3.63, 3.8) is 0 Å². The summed E-state index contributed by atoms with van der Waals surface area (Å²) in [6.45, 7) is 1.67. The van der Waals surface area contributed by atoms with Gasteiger partial charge in [0, 0.05) is 12.5 Å². The second kappa shape index (κ2) is 4.00. The van der Waals surface area contributed by atoms with Crippen molar-refractivity contribution < 1.29 is 14.7 Å². The van der Waals surface area contributed by atoms with Crippen LogP contribution in [0.3, 0.4) is 0 Å². The summed E-state index contributed by atoms with van der Waals surface area (Å²) in [6, 6.07) is -0.244. The second-order valence-electron chi connectivity index (χ2n) is 2.29. The molecule has 0 unspecified atom stereocenters. The molecular weight excluding hydrogens is 134 g/mol. The molecule has 0 aliphatic rings. The van der Waals surface area contributed by atoms with E-state index in [9.17, 15) is 9.59 Å². The number of carboxylic acid groups (broad SMARTS) is 1. The minimum Gasteiger partial charge on any atom is -0.481 e. The van der Waals surface area contributed by atoms with E-state index >= 15 is 0 Å². The second-order valence-corrected chi connectivity index (χ2v) is 2.29. The molecule has 4 nitrogen and oxygen atoms in total. The molecule has 3 N–H and O–H groups in total. The largest absolute Gasteiger partial charge is 0.481 e. The minimum absolute atomic E-state index is 0.145. The molecule has 0 aromatic carbocycles. The summed E-state index contributed by atoms with van der Waals surface area (Å²) < 4.78 is 0. The molecule has 1 atom stereocenters. The third-order valence-corrected chi connectivity index (χ3v) is 0.898. The third-order valence-electron chi connectivity index (χ3n) is 0.898. The van der Waals surface area contributed by atoms with Crippen LogP contribution in [-0.4, -0.2) is 22.9 Å². The zero-order valence-electron chi connectivity index (χ0n) is 5.83. The average Bonchev–Trinajstić information content (AvgIpc) is 1.58. The Morgan fingerprint density at radius 3 is 2.40 bits per heavy atom. The summed E-state index contributed by atoms with van der Waals surface area (Å²) in [5.41, 5.74) is 5.26. The van der Waals surface area contributed by atoms with E-state index in [1.165, 1.54) is 0 Å². The molecule has 0 rings (SSSR count). The van der Waals surface area contributed by atoms with Gasteiger partial charge < -0.3 is 10.8 Å². The first-order valence-corrected chi connectivity index (χ1v) is 3.01. The number of hydrogen-bond acceptors (Lipinski definition) is 3. The van der Waals surface area contributed by atoms with Crippen LogP contribution < -0.4 is 5.73 Å². The molecular formula is C6H11NO3. The first-order chi connectivity index (χ1) is 4.52. The number of Topliss-reactive ketones (excluding diaryl/α,β-unsaturated/α-hetero) is 1. The van der Waals surface area contributed by atoms with E-state index in [2.05, 4.69) is 0 Å². The minimum atomic E-state index is -1.09. The van der Waals surface area contributed by atoms with Crippen molar-refractivity contribution in [3.05, 3.63) is 0 Å². The average molecular weight is 145 g/mol. The molecule has 0 fully saturated rings. The van der Waals surface area contributed by atoms with Crippen LogP contribution in [0.2, 0.25) is 0 Å². The third kappa shape index (κ3) is 5.24. The van der Waals surface area contributed by atoms with Crippen LogP contribution >= 0.6 is 0 Å². The van der Waals surface area contributed by atoms with Gasteiger partial charge in [0.25, 0.3) is 0 Å². The topological polar surface area (TPSA) is 80.4 Å². The molecule has 0 aromatic heterocycles. The van der Waals surface area contributed by atoms with Crippen LogP contribution in [-0.2, 0) is 9.59 Å². The van der Waals surface area contributed by atoms with E-state index in [4.69, 9.17) is 10.8 Å². The standard InChI is InChI=1S/C6H11NO3/c1-4(7)2-5(8)3-6(9)10/h4H,2-3,7H2,1H3,(H,9,10)/t4-/m0/s1. The molecule has 0 saturated carbocycles. The van der Waals surface area contributed by atoms with Crippen LogP contribution in [0.1, 0.15) is 19.8 Å². The molecule has 0 amide bonds. The number of carbonyl (C=O) groups excluding carboxylic acids is 1. The first-order valence-electron chi connectivity index (χ1n) is 3.01. The van der Waals surface area contributed by atoms with Gasteiger partial charge >= 0.3 is 5.97 Å². The lowest BCUT2D eigenvalue weighted by atomic mass is 10.1. The van der Waals surface area contributed by atoms with Gasteiger partial charge in [-0.2, -0.15) is 0 Å². The van der Waals surface area contributed by atoms with E-state index < -0.39 is 12.4 Å². The molecule has 0 radical (unpaired) electrons. The van der Waals surface area contributed by atoms with Crippen molar-refractivity contribution in [2.24, 2.45) is 5.73 Å². The maximum absolute atomic E-state index is 10.6. The van der Waals surface area contributed by atoms with Gasteiger partial charge in [-0.1, -0.05) is 0 Å². The van der Waals surface area contributed by atoms with E-state index in [-0.39, 0.29) is 18.2 Å². The van der Waals surface area contributed by atoms with Gasteiger partial charge in [-0.25, -0.2) is 0 Å². The maximum Gasteiger partial charge on any atom is 0.310 e. The summed E-state index contributed by atoms with van der Waals surface area (Å²) in [5, 5.41) is 8.14. The van der Waals surface area contributed by atoms with E-state index in [1.54, 1.807) is 6.92 Å². The van der Waals surface area contributed by atoms with Gasteiger partial charge in [0.05, 0.1) is 0 Å². The Balaban J connectivity index is 3.54. The summed E-state index contributed by atoms with van der Waals surface area (Å²) in [7, 11) is 0. The van der Waals surface area contributed by atoms with Crippen molar-refractivity contribution in [2.45, 2.75) is 25.8 Å². The van der Waals surface area contributed by atoms with Crippen molar-refractivity contribution in [2.75, 3.05) is 0 Å². The highest BCUT2D eigenvalue weighted by atomic mass is 16.4. The van der Waals surface area contributed by atoms with Crippen molar-refractivity contribution in [1.82, 2.24) is 0 Å². The van der Waals surface area contributed by atoms with Gasteiger partial charge in [-0.3, -0.25) is 9.59 Å². The molecule has 0 heterocycles. The number of hydrogen-bond donors (Lipinski definition) is 2. The number of nitrogens with two attached hydrogens (primary N) is 1. The van der Waals surface area contributed by atoms with E-state index in [0.717, 1.165) is 0 Å². The van der Waals surface area contributed by atoms with Crippen LogP contribution in [0.15, 0.2) is 0 Å². The Labute approximate surface area is 59.0 Å². The highest BCUT2D eigenvalue weighted by Crippen LogP contribution is 1.92. The first kappa shape index (κ1) is 9.10. The molecule has 0 aliphatic heterocycles. The lowest BCUT2D eigenvalue weighted by Crippen LogP contribution is -2.21. The summed E-state index contributed by atoms with van der Waals surface area (Å²) in [6.07, 6.45) is -0.270. The smallest absolute Gasteiger partial charge is 0.310 e. The Morgan fingerprint density at radius 2 is 2.10 bits per heavy atom. The van der Waals surface area contributed by atoms with Crippen LogP contribution in [0.4, 0.5) is 0 Å². The Hall–Kier alpha value is -0.900. The molecule has 0 aromatic rings. The normalized spacial score (nSPS) is 12.6. The number of aliphatic carboxylic acids is 1. The van der Waals surface area contributed by atoms with Gasteiger partial charge in [0.2, 0.25) is 0 Å². The van der Waals surface area contributed by atoms with Gasteiger partial charge in [0.1, 0.15) is 12.2 Å². The molecule has 0 aliphatic carbocycles. The van der Waals surface area contributed by atoms with Gasteiger partial charge in [-0.15, -0.1) is 0 Å². The maximum atomic E-state index is 10.6. The number of carboxylic acids is 1. The molecule has 0 spiro atoms. The number of ketones is 1. The molecule has 58 valence electrons. The highest BCUT2D eigenvalue weighted by molar-refractivity contribution is 5.94. The summed E-state index contributed by atoms with van der Waals surface area (Å²) in [5.74, 6) is -1.41. The van der Waals surface area contributed by atoms with Gasteiger partial charge in [-0.05, 0) is 6.92 Å². The Bertz CT molecular complexity index is 142. The molecule has 4 heteroatoms. The fourth-order valence-corrected chi connectivity index (χ4v) is 0.600. The lowest BCUT2D eigenvalue weighted by molar-refractivity contribution is -0.140. The van der Waals surface area contributed by atoms with Crippen molar-refractivity contribution in [3.8, 4) is 0 Å². The zero-order chi connectivity index (χ0) is 8.15. The quantitative estimate of drug-likeness (QED) is 0.535. The SMILES string of the molecule is C[C@H](N)CC(=O)CC(=O)O. The molecule has 0 saturated heterocycles. The predicted octanol–water partition coefficient (Wildman–Crippen LogP) is -0.233. The number of carbonyl (C=O) groups is 2. The fourth-order valence-electron chi connectivity index (χ4n) is 0.600. The number of rotatable bonds is 4. The van der Waals surface area contributed by atoms with Crippen LogP contribution in [0, 0.1) is 0 Å². The van der Waals surface area contributed by atoms with Crippen molar-refractivity contribution in [1.29, 1.82) is 0 Å². The molecule has 10 heavy (non-hydrogen) atoms. The predicted molar refractivity (Wildman–Crippen MR) is 35.5 cm³/mol. The van der Waals surface area contributed by atoms with E-state index in [1.807, 2.05) is 0 Å².